The zero-order valence-electron chi connectivity index (χ0n) is 18.3. The normalized spacial score (nSPS) is 11.2. The monoisotopic (exact) mass is 478 g/mol. The van der Waals surface area contributed by atoms with Gasteiger partial charge in [-0.05, 0) is 68.3 Å². The number of sulfonamides is 1. The molecule has 2 aromatic heterocycles. The number of nitrogens with zero attached hydrogens (tertiary/aromatic N) is 2. The lowest BCUT2D eigenvalue weighted by atomic mass is 10.2. The van der Waals surface area contributed by atoms with Gasteiger partial charge in [-0.1, -0.05) is 24.3 Å². The van der Waals surface area contributed by atoms with Crippen molar-refractivity contribution in [1.29, 1.82) is 0 Å². The molecule has 2 heterocycles. The van der Waals surface area contributed by atoms with E-state index >= 15 is 0 Å². The molecule has 0 radical (unpaired) electrons. The molecule has 0 aliphatic heterocycles. The second-order valence-corrected chi connectivity index (χ2v) is 10.2. The zero-order valence-corrected chi connectivity index (χ0v) is 19.9. The molecule has 0 bridgehead atoms. The van der Waals surface area contributed by atoms with Crippen molar-refractivity contribution in [1.82, 2.24) is 9.97 Å². The molecule has 1 amide bonds. The van der Waals surface area contributed by atoms with Gasteiger partial charge in [-0.25, -0.2) is 13.4 Å². The third-order valence-corrected chi connectivity index (χ3v) is 7.59. The highest BCUT2D eigenvalue weighted by Crippen LogP contribution is 2.28. The second-order valence-electron chi connectivity index (χ2n) is 7.56. The quantitative estimate of drug-likeness (QED) is 0.397. The molecule has 4 aromatic rings. The maximum absolute atomic E-state index is 13.0. The summed E-state index contributed by atoms with van der Waals surface area (Å²) in [7, 11) is -3.84. The van der Waals surface area contributed by atoms with Crippen LogP contribution in [0.2, 0.25) is 0 Å². The molecule has 33 heavy (non-hydrogen) atoms. The number of nitrogens with one attached hydrogen (secondary N) is 2. The third-order valence-electron chi connectivity index (χ3n) is 4.89. The van der Waals surface area contributed by atoms with E-state index in [1.165, 1.54) is 17.4 Å². The summed E-state index contributed by atoms with van der Waals surface area (Å²) in [6.07, 6.45) is 1.67. The molecule has 168 valence electrons. The molecule has 9 heteroatoms. The lowest BCUT2D eigenvalue weighted by Gasteiger charge is -2.13. The fraction of sp³-hybridized carbons (Fsp3) is 0.125. The van der Waals surface area contributed by atoms with Crippen LogP contribution in [-0.2, 0) is 10.0 Å². The minimum absolute atomic E-state index is 0.0945. The van der Waals surface area contributed by atoms with E-state index in [0.29, 0.717) is 38.2 Å². The molecule has 0 fully saturated rings. The molecular weight excluding hydrogens is 456 g/mol. The standard InChI is InChI=1S/C24H22N4O3S2/c1-15-7-6-8-19(13-15)28-33(30,31)21-14-18(11-10-16(21)2)27-23(29)22-17(3)26-24(32-22)20-9-4-5-12-25-20/h4-14,28H,1-3H3,(H,27,29). The predicted octanol–water partition coefficient (Wildman–Crippen LogP) is 5.18. The Morgan fingerprint density at radius 1 is 0.939 bits per heavy atom. The SMILES string of the molecule is Cc1cccc(NS(=O)(=O)c2cc(NC(=O)c3sc(-c4ccccn4)nc3C)ccc2C)c1. The molecule has 0 saturated heterocycles. The molecule has 4 rings (SSSR count). The molecule has 0 aliphatic rings. The number of amides is 1. The highest BCUT2D eigenvalue weighted by atomic mass is 32.2. The van der Waals surface area contributed by atoms with Crippen molar-refractivity contribution in [2.24, 2.45) is 0 Å². The van der Waals surface area contributed by atoms with E-state index in [2.05, 4.69) is 20.0 Å². The molecule has 0 unspecified atom stereocenters. The van der Waals surface area contributed by atoms with E-state index < -0.39 is 10.0 Å². The van der Waals surface area contributed by atoms with E-state index in [1.807, 2.05) is 31.2 Å². The van der Waals surface area contributed by atoms with Gasteiger partial charge >= 0.3 is 0 Å². The summed E-state index contributed by atoms with van der Waals surface area (Å²) >= 11 is 1.24. The van der Waals surface area contributed by atoms with Crippen LogP contribution in [0.15, 0.2) is 71.8 Å². The molecule has 0 saturated carbocycles. The fourth-order valence-electron chi connectivity index (χ4n) is 3.28. The fourth-order valence-corrected chi connectivity index (χ4v) is 5.54. The first-order valence-corrected chi connectivity index (χ1v) is 12.4. The van der Waals surface area contributed by atoms with Crippen molar-refractivity contribution >= 4 is 38.6 Å². The second kappa shape index (κ2) is 9.13. The number of rotatable bonds is 6. The van der Waals surface area contributed by atoms with Crippen LogP contribution in [0.4, 0.5) is 11.4 Å². The van der Waals surface area contributed by atoms with Crippen molar-refractivity contribution in [3.8, 4) is 10.7 Å². The summed E-state index contributed by atoms with van der Waals surface area (Å²) < 4.78 is 28.6. The number of hydrogen-bond donors (Lipinski definition) is 2. The molecule has 0 aliphatic carbocycles. The molecule has 0 atom stereocenters. The third kappa shape index (κ3) is 5.10. The lowest BCUT2D eigenvalue weighted by Crippen LogP contribution is -2.16. The molecule has 2 aromatic carbocycles. The van der Waals surface area contributed by atoms with Crippen LogP contribution in [0.3, 0.4) is 0 Å². The Morgan fingerprint density at radius 3 is 2.48 bits per heavy atom. The van der Waals surface area contributed by atoms with Crippen LogP contribution in [0.5, 0.6) is 0 Å². The molecule has 0 spiro atoms. The van der Waals surface area contributed by atoms with Gasteiger partial charge in [0.2, 0.25) is 0 Å². The Morgan fingerprint density at radius 2 is 1.76 bits per heavy atom. The number of anilines is 2. The van der Waals surface area contributed by atoms with Gasteiger partial charge in [0.05, 0.1) is 16.3 Å². The van der Waals surface area contributed by atoms with Crippen LogP contribution in [0, 0.1) is 20.8 Å². The molecule has 7 nitrogen and oxygen atoms in total. The van der Waals surface area contributed by atoms with E-state index in [1.54, 1.807) is 50.4 Å². The topological polar surface area (TPSA) is 101 Å². The number of benzene rings is 2. The Hall–Kier alpha value is -3.56. The van der Waals surface area contributed by atoms with Gasteiger partial charge in [-0.3, -0.25) is 14.5 Å². The molecule has 2 N–H and O–H groups in total. The van der Waals surface area contributed by atoms with E-state index in [0.717, 1.165) is 5.56 Å². The number of hydrogen-bond acceptors (Lipinski definition) is 6. The summed E-state index contributed by atoms with van der Waals surface area (Å²) in [6.45, 7) is 5.36. The number of carbonyl (C=O) groups excluding carboxylic acids is 1. The highest BCUT2D eigenvalue weighted by Gasteiger charge is 2.20. The Balaban J connectivity index is 1.58. The van der Waals surface area contributed by atoms with E-state index in [-0.39, 0.29) is 10.8 Å². The summed E-state index contributed by atoms with van der Waals surface area (Å²) in [5.74, 6) is -0.356. The average Bonchev–Trinajstić information content (AvgIpc) is 3.17. The van der Waals surface area contributed by atoms with Crippen LogP contribution < -0.4 is 10.0 Å². The minimum atomic E-state index is -3.84. The minimum Gasteiger partial charge on any atom is -0.321 e. The van der Waals surface area contributed by atoms with Crippen molar-refractivity contribution in [3.63, 3.8) is 0 Å². The van der Waals surface area contributed by atoms with Crippen molar-refractivity contribution < 1.29 is 13.2 Å². The summed E-state index contributed by atoms with van der Waals surface area (Å²) in [5, 5.41) is 3.44. The van der Waals surface area contributed by atoms with Crippen LogP contribution in [-0.4, -0.2) is 24.3 Å². The van der Waals surface area contributed by atoms with Crippen LogP contribution in [0.25, 0.3) is 10.7 Å². The first kappa shape index (κ1) is 22.6. The van der Waals surface area contributed by atoms with E-state index in [9.17, 15) is 13.2 Å². The van der Waals surface area contributed by atoms with Gasteiger partial charge in [-0.15, -0.1) is 11.3 Å². The van der Waals surface area contributed by atoms with Gasteiger partial charge in [0, 0.05) is 17.6 Å². The van der Waals surface area contributed by atoms with Gasteiger partial charge in [-0.2, -0.15) is 0 Å². The number of pyridine rings is 1. The Bertz CT molecular complexity index is 1430. The lowest BCUT2D eigenvalue weighted by molar-refractivity contribution is 0.102. The first-order chi connectivity index (χ1) is 15.7. The Labute approximate surface area is 196 Å². The molecular formula is C24H22N4O3S2. The van der Waals surface area contributed by atoms with Crippen LogP contribution >= 0.6 is 11.3 Å². The summed E-state index contributed by atoms with van der Waals surface area (Å²) in [4.78, 5) is 22.2. The number of thiazole rings is 1. The van der Waals surface area contributed by atoms with Crippen LogP contribution in [0.1, 0.15) is 26.5 Å². The maximum atomic E-state index is 13.0. The Kier molecular flexibility index (Phi) is 6.26. The smallest absolute Gasteiger partial charge is 0.267 e. The highest BCUT2D eigenvalue weighted by molar-refractivity contribution is 7.92. The van der Waals surface area contributed by atoms with Gasteiger partial charge < -0.3 is 5.32 Å². The van der Waals surface area contributed by atoms with Crippen molar-refractivity contribution in [2.45, 2.75) is 25.7 Å². The zero-order chi connectivity index (χ0) is 23.6. The maximum Gasteiger partial charge on any atom is 0.267 e. The van der Waals surface area contributed by atoms with Gasteiger partial charge in [0.1, 0.15) is 9.88 Å². The summed E-state index contributed by atoms with van der Waals surface area (Å²) in [5.41, 5.74) is 3.64. The largest absolute Gasteiger partial charge is 0.321 e. The van der Waals surface area contributed by atoms with Gasteiger partial charge in [0.15, 0.2) is 0 Å². The van der Waals surface area contributed by atoms with Crippen molar-refractivity contribution in [3.05, 3.63) is 88.6 Å². The summed E-state index contributed by atoms with van der Waals surface area (Å²) in [6, 6.07) is 17.4. The van der Waals surface area contributed by atoms with E-state index in [4.69, 9.17) is 0 Å². The number of aromatic nitrogens is 2. The predicted molar refractivity (Wildman–Crippen MR) is 131 cm³/mol. The number of carbonyl (C=O) groups is 1. The van der Waals surface area contributed by atoms with Crippen molar-refractivity contribution in [2.75, 3.05) is 10.0 Å². The first-order valence-electron chi connectivity index (χ1n) is 10.1. The number of aryl methyl sites for hydroxylation is 3. The van der Waals surface area contributed by atoms with Gasteiger partial charge in [0.25, 0.3) is 15.9 Å². The average molecular weight is 479 g/mol.